The zero-order valence-electron chi connectivity index (χ0n) is 12.5. The summed E-state index contributed by atoms with van der Waals surface area (Å²) in [5.41, 5.74) is 3.38. The van der Waals surface area contributed by atoms with E-state index in [1.807, 2.05) is 0 Å². The van der Waals surface area contributed by atoms with E-state index >= 15 is 0 Å². The zero-order chi connectivity index (χ0) is 15.5. The predicted molar refractivity (Wildman–Crippen MR) is 86.1 cm³/mol. The van der Waals surface area contributed by atoms with Gasteiger partial charge >= 0.3 is 0 Å². The molecule has 116 valence electrons. The van der Waals surface area contributed by atoms with Gasteiger partial charge in [-0.1, -0.05) is 28.5 Å². The van der Waals surface area contributed by atoms with Crippen molar-refractivity contribution < 1.29 is 9.53 Å². The Labute approximate surface area is 132 Å². The van der Waals surface area contributed by atoms with Crippen LogP contribution in [0.1, 0.15) is 11.1 Å². The summed E-state index contributed by atoms with van der Waals surface area (Å²) in [4.78, 5) is 12.1. The summed E-state index contributed by atoms with van der Waals surface area (Å²) < 4.78 is 5.29. The van der Waals surface area contributed by atoms with Crippen molar-refractivity contribution in [3.05, 3.63) is 29.3 Å². The number of rotatable bonds is 3. The Balaban J connectivity index is 1.72. The number of hydrogen-bond donors (Lipinski definition) is 2. The summed E-state index contributed by atoms with van der Waals surface area (Å²) >= 11 is 1.37. The van der Waals surface area contributed by atoms with E-state index in [0.29, 0.717) is 24.9 Å². The van der Waals surface area contributed by atoms with E-state index in [1.54, 1.807) is 0 Å². The molecular weight excluding hydrogens is 300 g/mol. The van der Waals surface area contributed by atoms with E-state index < -0.39 is 0 Å². The van der Waals surface area contributed by atoms with Gasteiger partial charge in [-0.05, 0) is 26.0 Å². The fraction of sp³-hybridized carbons (Fsp3) is 0.400. The Hall–Kier alpha value is -1.83. The van der Waals surface area contributed by atoms with Gasteiger partial charge in [0.15, 0.2) is 0 Å². The van der Waals surface area contributed by atoms with Gasteiger partial charge in [0, 0.05) is 12.1 Å². The Kier molecular flexibility index (Phi) is 4.47. The van der Waals surface area contributed by atoms with Gasteiger partial charge in [0.1, 0.15) is 11.0 Å². The summed E-state index contributed by atoms with van der Waals surface area (Å²) in [5, 5.41) is 15.4. The molecule has 0 aliphatic carbocycles. The Morgan fingerprint density at radius 1 is 1.32 bits per heavy atom. The molecule has 1 aromatic carbocycles. The SMILES string of the molecule is Cc1cc(C)cc(-c2nnc(NC(=O)C3COCCN3)s2)c1. The van der Waals surface area contributed by atoms with Crippen LogP contribution in [0.25, 0.3) is 10.6 Å². The second-order valence-corrected chi connectivity index (χ2v) is 6.34. The molecule has 1 aromatic heterocycles. The van der Waals surface area contributed by atoms with E-state index in [1.165, 1.54) is 22.5 Å². The Bertz CT molecular complexity index is 660. The number of aryl methyl sites for hydroxylation is 2. The van der Waals surface area contributed by atoms with E-state index in [4.69, 9.17) is 4.74 Å². The van der Waals surface area contributed by atoms with Crippen LogP contribution in [-0.4, -0.2) is 41.9 Å². The van der Waals surface area contributed by atoms with Crippen molar-refractivity contribution in [2.24, 2.45) is 0 Å². The van der Waals surface area contributed by atoms with Crippen LogP contribution in [0.5, 0.6) is 0 Å². The molecule has 2 N–H and O–H groups in total. The third-order valence-corrected chi connectivity index (χ3v) is 4.25. The van der Waals surface area contributed by atoms with Crippen molar-refractivity contribution in [3.63, 3.8) is 0 Å². The minimum Gasteiger partial charge on any atom is -0.378 e. The summed E-state index contributed by atoms with van der Waals surface area (Å²) in [6.45, 7) is 5.81. The van der Waals surface area contributed by atoms with Crippen LogP contribution in [0.4, 0.5) is 5.13 Å². The summed E-state index contributed by atoms with van der Waals surface area (Å²) in [7, 11) is 0. The maximum atomic E-state index is 12.1. The van der Waals surface area contributed by atoms with Gasteiger partial charge in [0.2, 0.25) is 11.0 Å². The van der Waals surface area contributed by atoms with E-state index in [2.05, 4.69) is 52.9 Å². The van der Waals surface area contributed by atoms with Crippen LogP contribution in [0.15, 0.2) is 18.2 Å². The summed E-state index contributed by atoms with van der Waals surface area (Å²) in [6.07, 6.45) is 0. The Morgan fingerprint density at radius 2 is 2.09 bits per heavy atom. The molecule has 0 bridgehead atoms. The fourth-order valence-corrected chi connectivity index (χ4v) is 3.15. The van der Waals surface area contributed by atoms with Crippen LogP contribution in [0, 0.1) is 13.8 Å². The van der Waals surface area contributed by atoms with E-state index in [-0.39, 0.29) is 11.9 Å². The second kappa shape index (κ2) is 6.51. The van der Waals surface area contributed by atoms with Crippen molar-refractivity contribution >= 4 is 22.4 Å². The molecule has 3 rings (SSSR count). The lowest BCUT2D eigenvalue weighted by Gasteiger charge is -2.22. The number of benzene rings is 1. The highest BCUT2D eigenvalue weighted by molar-refractivity contribution is 7.18. The number of anilines is 1. The largest absolute Gasteiger partial charge is 0.378 e. The van der Waals surface area contributed by atoms with Crippen LogP contribution in [0.3, 0.4) is 0 Å². The zero-order valence-corrected chi connectivity index (χ0v) is 13.4. The number of amides is 1. The number of nitrogens with one attached hydrogen (secondary N) is 2. The van der Waals surface area contributed by atoms with Crippen LogP contribution < -0.4 is 10.6 Å². The fourth-order valence-electron chi connectivity index (χ4n) is 2.41. The average Bonchev–Trinajstić information content (AvgIpc) is 2.96. The van der Waals surface area contributed by atoms with Crippen LogP contribution in [-0.2, 0) is 9.53 Å². The minimum absolute atomic E-state index is 0.136. The molecule has 1 amide bonds. The first-order chi connectivity index (χ1) is 10.6. The van der Waals surface area contributed by atoms with Crippen molar-refractivity contribution in [2.75, 3.05) is 25.1 Å². The lowest BCUT2D eigenvalue weighted by Crippen LogP contribution is -2.48. The molecule has 7 heteroatoms. The number of aromatic nitrogens is 2. The molecule has 0 spiro atoms. The summed E-state index contributed by atoms with van der Waals surface area (Å²) in [6, 6.07) is 5.91. The monoisotopic (exact) mass is 318 g/mol. The summed E-state index contributed by atoms with van der Waals surface area (Å²) in [5.74, 6) is -0.136. The molecule has 1 fully saturated rings. The number of carbonyl (C=O) groups is 1. The lowest BCUT2D eigenvalue weighted by atomic mass is 10.1. The number of nitrogens with zero attached hydrogens (tertiary/aromatic N) is 2. The molecule has 1 saturated heterocycles. The number of hydrogen-bond acceptors (Lipinski definition) is 6. The van der Waals surface area contributed by atoms with Crippen molar-refractivity contribution in [3.8, 4) is 10.6 Å². The highest BCUT2D eigenvalue weighted by Gasteiger charge is 2.22. The maximum Gasteiger partial charge on any atom is 0.245 e. The van der Waals surface area contributed by atoms with Crippen molar-refractivity contribution in [1.29, 1.82) is 0 Å². The second-order valence-electron chi connectivity index (χ2n) is 5.36. The van der Waals surface area contributed by atoms with Crippen molar-refractivity contribution in [1.82, 2.24) is 15.5 Å². The molecule has 0 radical (unpaired) electrons. The molecular formula is C15H18N4O2S. The number of carbonyl (C=O) groups excluding carboxylic acids is 1. The normalized spacial score (nSPS) is 18.2. The van der Waals surface area contributed by atoms with Gasteiger partial charge in [-0.15, -0.1) is 10.2 Å². The van der Waals surface area contributed by atoms with E-state index in [0.717, 1.165) is 10.6 Å². The first-order valence-corrected chi connectivity index (χ1v) is 7.97. The quantitative estimate of drug-likeness (QED) is 0.902. The average molecular weight is 318 g/mol. The van der Waals surface area contributed by atoms with Gasteiger partial charge in [0.05, 0.1) is 13.2 Å². The molecule has 2 aromatic rings. The molecule has 1 aliphatic rings. The number of ether oxygens (including phenoxy) is 1. The molecule has 1 unspecified atom stereocenters. The first-order valence-electron chi connectivity index (χ1n) is 7.16. The third kappa shape index (κ3) is 3.49. The van der Waals surface area contributed by atoms with Gasteiger partial charge in [-0.25, -0.2) is 0 Å². The lowest BCUT2D eigenvalue weighted by molar-refractivity contribution is -0.120. The molecule has 1 aliphatic heterocycles. The standard InChI is InChI=1S/C15H18N4O2S/c1-9-5-10(2)7-11(6-9)14-18-19-15(22-14)17-13(20)12-8-21-4-3-16-12/h5-7,12,16H,3-4,8H2,1-2H3,(H,17,19,20). The molecule has 22 heavy (non-hydrogen) atoms. The van der Waals surface area contributed by atoms with Gasteiger partial charge in [-0.3, -0.25) is 10.1 Å². The van der Waals surface area contributed by atoms with Gasteiger partial charge in [0.25, 0.3) is 0 Å². The molecule has 0 saturated carbocycles. The highest BCUT2D eigenvalue weighted by Crippen LogP contribution is 2.27. The van der Waals surface area contributed by atoms with E-state index in [9.17, 15) is 4.79 Å². The smallest absolute Gasteiger partial charge is 0.245 e. The first kappa shape index (κ1) is 15.1. The minimum atomic E-state index is -0.331. The molecule has 1 atom stereocenters. The Morgan fingerprint density at radius 3 is 2.77 bits per heavy atom. The van der Waals surface area contributed by atoms with Gasteiger partial charge < -0.3 is 10.1 Å². The number of morpholine rings is 1. The maximum absolute atomic E-state index is 12.1. The topological polar surface area (TPSA) is 76.1 Å². The van der Waals surface area contributed by atoms with Crippen LogP contribution in [0.2, 0.25) is 0 Å². The third-order valence-electron chi connectivity index (χ3n) is 3.36. The van der Waals surface area contributed by atoms with Crippen molar-refractivity contribution in [2.45, 2.75) is 19.9 Å². The molecule has 6 nitrogen and oxygen atoms in total. The molecule has 2 heterocycles. The van der Waals surface area contributed by atoms with Crippen LogP contribution >= 0.6 is 11.3 Å². The van der Waals surface area contributed by atoms with Gasteiger partial charge in [-0.2, -0.15) is 0 Å². The predicted octanol–water partition coefficient (Wildman–Crippen LogP) is 1.75. The highest BCUT2D eigenvalue weighted by atomic mass is 32.1.